The topological polar surface area (TPSA) is 93.2 Å². The maximum atomic E-state index is 12.2. The number of hydrogen-bond acceptors (Lipinski definition) is 7. The summed E-state index contributed by atoms with van der Waals surface area (Å²) in [5, 5.41) is 1.90. The Kier molecular flexibility index (Phi) is 5.45. The summed E-state index contributed by atoms with van der Waals surface area (Å²) in [5.74, 6) is 0.124. The van der Waals surface area contributed by atoms with Gasteiger partial charge in [0, 0.05) is 15.8 Å². The maximum Gasteiger partial charge on any atom is 0.269 e. The Balaban J connectivity index is 1.35. The van der Waals surface area contributed by atoms with Gasteiger partial charge in [0.15, 0.2) is 0 Å². The zero-order valence-corrected chi connectivity index (χ0v) is 16.8. The Morgan fingerprint density at radius 1 is 1.18 bits per heavy atom. The lowest BCUT2D eigenvalue weighted by atomic mass is 10.2. The molecule has 0 atom stereocenters. The van der Waals surface area contributed by atoms with Crippen molar-refractivity contribution < 1.29 is 14.3 Å². The van der Waals surface area contributed by atoms with Crippen LogP contribution in [0.1, 0.15) is 27.2 Å². The van der Waals surface area contributed by atoms with Crippen molar-refractivity contribution in [1.82, 2.24) is 20.8 Å². The number of carbonyl (C=O) groups is 2. The van der Waals surface area contributed by atoms with Gasteiger partial charge in [-0.2, -0.15) is 0 Å². The fraction of sp³-hybridized carbons (Fsp3) is 0.263. The van der Waals surface area contributed by atoms with Crippen LogP contribution in [0.3, 0.4) is 0 Å². The Labute approximate surface area is 169 Å². The number of aryl methyl sites for hydroxylation is 2. The molecular formula is C19H18N4O3S2. The molecule has 7 nitrogen and oxygen atoms in total. The number of hydrogen-bond donors (Lipinski definition) is 2. The third-order valence-electron chi connectivity index (χ3n) is 4.47. The van der Waals surface area contributed by atoms with E-state index >= 15 is 0 Å². The molecule has 0 unspecified atom stereocenters. The van der Waals surface area contributed by atoms with E-state index in [1.54, 1.807) is 49.0 Å². The van der Waals surface area contributed by atoms with E-state index < -0.39 is 0 Å². The third-order valence-corrected chi connectivity index (χ3v) is 6.66. The number of benzene rings is 1. The van der Waals surface area contributed by atoms with E-state index in [1.165, 1.54) is 22.2 Å². The highest BCUT2D eigenvalue weighted by atomic mass is 32.2. The van der Waals surface area contributed by atoms with Gasteiger partial charge in [0.25, 0.3) is 5.91 Å². The van der Waals surface area contributed by atoms with Gasteiger partial charge < -0.3 is 4.74 Å². The van der Waals surface area contributed by atoms with Crippen molar-refractivity contribution in [1.29, 1.82) is 0 Å². The summed E-state index contributed by atoms with van der Waals surface area (Å²) < 4.78 is 5.06. The van der Waals surface area contributed by atoms with Crippen LogP contribution in [-0.4, -0.2) is 34.6 Å². The molecule has 1 aliphatic carbocycles. The molecule has 9 heteroatoms. The average Bonchev–Trinajstić information content (AvgIpc) is 3.31. The van der Waals surface area contributed by atoms with Crippen LogP contribution in [0.4, 0.5) is 0 Å². The summed E-state index contributed by atoms with van der Waals surface area (Å²) in [5.41, 5.74) is 6.63. The number of thioether (sulfide) groups is 1. The van der Waals surface area contributed by atoms with Crippen molar-refractivity contribution in [3.63, 3.8) is 0 Å². The number of thiophene rings is 1. The molecule has 0 saturated carbocycles. The highest BCUT2D eigenvalue weighted by Gasteiger charge is 2.21. The normalized spacial score (nSPS) is 12.6. The van der Waals surface area contributed by atoms with Gasteiger partial charge in [-0.25, -0.2) is 9.97 Å². The second kappa shape index (κ2) is 8.15. The molecule has 2 N–H and O–H groups in total. The fourth-order valence-electron chi connectivity index (χ4n) is 3.12. The van der Waals surface area contributed by atoms with Gasteiger partial charge in [-0.1, -0.05) is 11.8 Å². The number of fused-ring (bicyclic) bond motifs is 3. The molecule has 2 aromatic heterocycles. The van der Waals surface area contributed by atoms with Crippen LogP contribution < -0.4 is 15.6 Å². The van der Waals surface area contributed by atoms with Gasteiger partial charge in [-0.3, -0.25) is 20.4 Å². The third kappa shape index (κ3) is 3.81. The number of carbonyl (C=O) groups excluding carboxylic acids is 2. The monoisotopic (exact) mass is 414 g/mol. The summed E-state index contributed by atoms with van der Waals surface area (Å²) in [6.07, 6.45) is 4.84. The van der Waals surface area contributed by atoms with E-state index in [0.29, 0.717) is 11.3 Å². The second-order valence-electron chi connectivity index (χ2n) is 6.24. The minimum atomic E-state index is -0.388. The van der Waals surface area contributed by atoms with Crippen LogP contribution in [0.5, 0.6) is 5.75 Å². The van der Waals surface area contributed by atoms with Crippen molar-refractivity contribution in [2.75, 3.05) is 12.9 Å². The highest BCUT2D eigenvalue weighted by molar-refractivity contribution is 8.00. The van der Waals surface area contributed by atoms with Crippen LogP contribution >= 0.6 is 23.1 Å². The van der Waals surface area contributed by atoms with Gasteiger partial charge in [-0.05, 0) is 49.1 Å². The Morgan fingerprint density at radius 3 is 2.79 bits per heavy atom. The van der Waals surface area contributed by atoms with Crippen LogP contribution in [-0.2, 0) is 17.6 Å². The van der Waals surface area contributed by atoms with Crippen LogP contribution in [0.2, 0.25) is 0 Å². The van der Waals surface area contributed by atoms with E-state index in [-0.39, 0.29) is 17.6 Å². The molecule has 2 amide bonds. The molecule has 2 heterocycles. The van der Waals surface area contributed by atoms with Crippen molar-refractivity contribution >= 4 is 45.1 Å². The number of hydrazine groups is 1. The molecule has 3 aromatic rings. The van der Waals surface area contributed by atoms with E-state index in [4.69, 9.17) is 4.74 Å². The standard InChI is InChI=1S/C19H18N4O3S2/c1-26-12-7-5-11(6-8-12)17(25)23-22-15(24)9-27-18-16-13-3-2-4-14(13)28-19(16)21-10-20-18/h5-8,10H,2-4,9H2,1H3,(H,22,24)(H,23,25). The largest absolute Gasteiger partial charge is 0.497 e. The predicted octanol–water partition coefficient (Wildman–Crippen LogP) is 2.74. The predicted molar refractivity (Wildman–Crippen MR) is 109 cm³/mol. The summed E-state index contributed by atoms with van der Waals surface area (Å²) >= 11 is 3.08. The minimum Gasteiger partial charge on any atom is -0.497 e. The molecule has 28 heavy (non-hydrogen) atoms. The first kappa shape index (κ1) is 18.7. The van der Waals surface area contributed by atoms with E-state index in [0.717, 1.165) is 34.5 Å². The lowest BCUT2D eigenvalue weighted by Gasteiger charge is -2.08. The molecule has 0 bridgehead atoms. The quantitative estimate of drug-likeness (QED) is 0.379. The van der Waals surface area contributed by atoms with Gasteiger partial charge in [0.05, 0.1) is 12.9 Å². The summed E-state index contributed by atoms with van der Waals surface area (Å²) in [7, 11) is 1.56. The van der Waals surface area contributed by atoms with Gasteiger partial charge in [0.2, 0.25) is 5.91 Å². The average molecular weight is 415 g/mol. The van der Waals surface area contributed by atoms with E-state index in [1.807, 2.05) is 0 Å². The molecule has 144 valence electrons. The van der Waals surface area contributed by atoms with Crippen molar-refractivity contribution in [2.45, 2.75) is 24.3 Å². The minimum absolute atomic E-state index is 0.152. The van der Waals surface area contributed by atoms with Crippen molar-refractivity contribution in [3.05, 3.63) is 46.6 Å². The first-order valence-electron chi connectivity index (χ1n) is 8.77. The van der Waals surface area contributed by atoms with E-state index in [2.05, 4.69) is 20.8 Å². The molecule has 0 fully saturated rings. The Hall–Kier alpha value is -2.65. The molecule has 0 radical (unpaired) electrons. The zero-order chi connectivity index (χ0) is 19.5. The fourth-order valence-corrected chi connectivity index (χ4v) is 5.24. The molecule has 0 spiro atoms. The lowest BCUT2D eigenvalue weighted by molar-refractivity contribution is -0.119. The number of nitrogens with zero attached hydrogens (tertiary/aromatic N) is 2. The summed E-state index contributed by atoms with van der Waals surface area (Å²) in [6.45, 7) is 0. The smallest absolute Gasteiger partial charge is 0.269 e. The van der Waals surface area contributed by atoms with Crippen molar-refractivity contribution in [2.24, 2.45) is 0 Å². The maximum absolute atomic E-state index is 12.2. The number of rotatable bonds is 5. The second-order valence-corrected chi connectivity index (χ2v) is 8.28. The molecule has 1 aliphatic rings. The van der Waals surface area contributed by atoms with E-state index in [9.17, 15) is 9.59 Å². The molecule has 0 aliphatic heterocycles. The summed E-state index contributed by atoms with van der Waals surface area (Å²) in [4.78, 5) is 35.3. The van der Waals surface area contributed by atoms with Crippen LogP contribution in [0.25, 0.3) is 10.2 Å². The summed E-state index contributed by atoms with van der Waals surface area (Å²) in [6, 6.07) is 6.63. The highest BCUT2D eigenvalue weighted by Crippen LogP contribution is 2.39. The Bertz CT molecular complexity index is 1030. The van der Waals surface area contributed by atoms with Crippen LogP contribution in [0, 0.1) is 0 Å². The van der Waals surface area contributed by atoms with Gasteiger partial charge in [-0.15, -0.1) is 11.3 Å². The SMILES string of the molecule is COc1ccc(C(=O)NNC(=O)CSc2ncnc3sc4c(c23)CCC4)cc1. The number of aromatic nitrogens is 2. The van der Waals surface area contributed by atoms with Gasteiger partial charge >= 0.3 is 0 Å². The molecular weight excluding hydrogens is 396 g/mol. The number of ether oxygens (including phenoxy) is 1. The number of amides is 2. The first-order valence-corrected chi connectivity index (χ1v) is 10.6. The lowest BCUT2D eigenvalue weighted by Crippen LogP contribution is -2.42. The van der Waals surface area contributed by atoms with Crippen LogP contribution in [0.15, 0.2) is 35.6 Å². The number of nitrogens with one attached hydrogen (secondary N) is 2. The number of methoxy groups -OCH3 is 1. The zero-order valence-electron chi connectivity index (χ0n) is 15.2. The molecule has 1 aromatic carbocycles. The Morgan fingerprint density at radius 2 is 2.00 bits per heavy atom. The van der Waals surface area contributed by atoms with Crippen molar-refractivity contribution in [3.8, 4) is 5.75 Å². The van der Waals surface area contributed by atoms with Gasteiger partial charge in [0.1, 0.15) is 21.9 Å². The molecule has 4 rings (SSSR count). The molecule has 0 saturated heterocycles. The first-order chi connectivity index (χ1) is 13.7.